The summed E-state index contributed by atoms with van der Waals surface area (Å²) in [5, 5.41) is 3.61. The lowest BCUT2D eigenvalue weighted by Gasteiger charge is -2.29. The molecule has 2 aliphatic heterocycles. The van der Waals surface area contributed by atoms with Gasteiger partial charge in [0.1, 0.15) is 6.61 Å². The third kappa shape index (κ3) is 3.75. The predicted molar refractivity (Wildman–Crippen MR) is 117 cm³/mol. The summed E-state index contributed by atoms with van der Waals surface area (Å²) in [5.74, 6) is -1.49. The third-order valence-electron chi connectivity index (χ3n) is 5.27. The summed E-state index contributed by atoms with van der Waals surface area (Å²) in [6.45, 7) is 1.81. The summed E-state index contributed by atoms with van der Waals surface area (Å²) in [7, 11) is -3.56. The summed E-state index contributed by atoms with van der Waals surface area (Å²) < 4.78 is 31.3. The molecule has 0 aromatic heterocycles. The number of esters is 1. The van der Waals surface area contributed by atoms with Crippen molar-refractivity contribution in [2.75, 3.05) is 5.75 Å². The Labute approximate surface area is 185 Å². The number of rotatable bonds is 4. The average molecular weight is 464 g/mol. The number of halogens is 2. The van der Waals surface area contributed by atoms with E-state index in [1.807, 2.05) is 30.3 Å². The van der Waals surface area contributed by atoms with Gasteiger partial charge < -0.3 is 10.1 Å². The molecular weight excluding hydrogens is 445 g/mol. The first-order valence-corrected chi connectivity index (χ1v) is 11.8. The van der Waals surface area contributed by atoms with Crippen LogP contribution in [-0.4, -0.2) is 20.1 Å². The number of ether oxygens (including phenoxy) is 1. The molecule has 2 aliphatic rings. The van der Waals surface area contributed by atoms with Crippen molar-refractivity contribution >= 4 is 39.0 Å². The molecule has 0 aliphatic carbocycles. The number of carbonyl (C=O) groups is 1. The second-order valence-electron chi connectivity index (χ2n) is 7.21. The van der Waals surface area contributed by atoms with Crippen LogP contribution >= 0.6 is 23.2 Å². The number of benzene rings is 2. The maximum Gasteiger partial charge on any atom is 0.337 e. The SMILES string of the molecule is CC1=C(C(=O)OCc2ccccc2)C(c2cccc(Cl)c2Cl)C2=C(CCS2(=O)=O)N1. The van der Waals surface area contributed by atoms with Crippen LogP contribution in [-0.2, 0) is 26.0 Å². The zero-order chi connectivity index (χ0) is 21.5. The lowest BCUT2D eigenvalue weighted by Crippen LogP contribution is -2.30. The zero-order valence-electron chi connectivity index (χ0n) is 16.1. The van der Waals surface area contributed by atoms with E-state index in [0.29, 0.717) is 28.4 Å². The molecule has 30 heavy (non-hydrogen) atoms. The van der Waals surface area contributed by atoms with E-state index >= 15 is 0 Å². The minimum Gasteiger partial charge on any atom is -0.457 e. The van der Waals surface area contributed by atoms with Crippen molar-refractivity contribution in [3.8, 4) is 0 Å². The van der Waals surface area contributed by atoms with E-state index in [0.717, 1.165) is 5.56 Å². The van der Waals surface area contributed by atoms with Crippen molar-refractivity contribution in [2.24, 2.45) is 0 Å². The first-order valence-electron chi connectivity index (χ1n) is 9.38. The van der Waals surface area contributed by atoms with Gasteiger partial charge in [0.15, 0.2) is 9.84 Å². The van der Waals surface area contributed by atoms with E-state index in [4.69, 9.17) is 27.9 Å². The summed E-state index contributed by atoms with van der Waals surface area (Å²) in [5.41, 5.74) is 2.66. The number of allylic oxidation sites excluding steroid dienone is 3. The molecule has 1 N–H and O–H groups in total. The molecule has 5 nitrogen and oxygen atoms in total. The van der Waals surface area contributed by atoms with E-state index in [1.165, 1.54) is 0 Å². The lowest BCUT2D eigenvalue weighted by molar-refractivity contribution is -0.140. The van der Waals surface area contributed by atoms with Crippen molar-refractivity contribution in [2.45, 2.75) is 25.9 Å². The molecular formula is C22H19Cl2NO4S. The Morgan fingerprint density at radius 2 is 1.87 bits per heavy atom. The quantitative estimate of drug-likeness (QED) is 0.663. The molecule has 4 rings (SSSR count). The minimum absolute atomic E-state index is 0.0149. The van der Waals surface area contributed by atoms with Gasteiger partial charge in [-0.15, -0.1) is 0 Å². The average Bonchev–Trinajstić information content (AvgIpc) is 3.02. The van der Waals surface area contributed by atoms with Crippen LogP contribution in [0.5, 0.6) is 0 Å². The molecule has 0 bridgehead atoms. The van der Waals surface area contributed by atoms with E-state index in [2.05, 4.69) is 5.32 Å². The number of dihydropyridines is 1. The summed E-state index contributed by atoms with van der Waals surface area (Å²) in [4.78, 5) is 13.3. The first kappa shape index (κ1) is 21.0. The Bertz CT molecular complexity index is 1190. The fraction of sp³-hybridized carbons (Fsp3) is 0.227. The molecule has 156 valence electrons. The fourth-order valence-electron chi connectivity index (χ4n) is 3.89. The van der Waals surface area contributed by atoms with Crippen molar-refractivity contribution in [3.63, 3.8) is 0 Å². The topological polar surface area (TPSA) is 72.5 Å². The van der Waals surface area contributed by atoms with Crippen LogP contribution in [0, 0.1) is 0 Å². The van der Waals surface area contributed by atoms with E-state index < -0.39 is 21.7 Å². The molecule has 0 saturated heterocycles. The van der Waals surface area contributed by atoms with Crippen LogP contribution < -0.4 is 5.32 Å². The van der Waals surface area contributed by atoms with Gasteiger partial charge in [0.05, 0.1) is 32.2 Å². The van der Waals surface area contributed by atoms with Crippen molar-refractivity contribution in [1.82, 2.24) is 5.32 Å². The maximum atomic E-state index is 13.1. The van der Waals surface area contributed by atoms with Gasteiger partial charge in [-0.2, -0.15) is 0 Å². The molecule has 8 heteroatoms. The summed E-state index contributed by atoms with van der Waals surface area (Å²) in [6.07, 6.45) is 0.357. The van der Waals surface area contributed by atoms with Gasteiger partial charge in [-0.3, -0.25) is 0 Å². The fourth-order valence-corrected chi connectivity index (χ4v) is 6.13. The Balaban J connectivity index is 1.78. The highest BCUT2D eigenvalue weighted by Crippen LogP contribution is 2.47. The van der Waals surface area contributed by atoms with E-state index in [1.54, 1.807) is 25.1 Å². The van der Waals surface area contributed by atoms with Gasteiger partial charge >= 0.3 is 5.97 Å². The molecule has 1 atom stereocenters. The number of carbonyl (C=O) groups excluding carboxylic acids is 1. The number of hydrogen-bond donors (Lipinski definition) is 1. The molecule has 0 saturated carbocycles. The second-order valence-corrected chi connectivity index (χ2v) is 10.1. The standard InChI is InChI=1S/C22H19Cl2NO4S/c1-13-18(22(26)29-12-14-6-3-2-4-7-14)19(15-8-5-9-16(23)20(15)24)21-17(25-13)10-11-30(21,27)28/h2-9,19,25H,10-12H2,1H3. The summed E-state index contributed by atoms with van der Waals surface area (Å²) in [6, 6.07) is 14.3. The molecule has 0 spiro atoms. The highest BCUT2D eigenvalue weighted by molar-refractivity contribution is 7.95. The van der Waals surface area contributed by atoms with Gasteiger partial charge in [-0.05, 0) is 24.1 Å². The van der Waals surface area contributed by atoms with Crippen LogP contribution in [0.2, 0.25) is 10.0 Å². The lowest BCUT2D eigenvalue weighted by atomic mass is 9.86. The van der Waals surface area contributed by atoms with Crippen LogP contribution in [0.3, 0.4) is 0 Å². The summed E-state index contributed by atoms with van der Waals surface area (Å²) >= 11 is 12.7. The van der Waals surface area contributed by atoms with Gasteiger partial charge in [-0.1, -0.05) is 65.7 Å². The van der Waals surface area contributed by atoms with Gasteiger partial charge in [0.25, 0.3) is 0 Å². The Morgan fingerprint density at radius 1 is 1.13 bits per heavy atom. The molecule has 2 heterocycles. The van der Waals surface area contributed by atoms with Gasteiger partial charge in [0, 0.05) is 17.8 Å². The Kier molecular flexibility index (Phi) is 5.66. The van der Waals surface area contributed by atoms with Crippen LogP contribution in [0.15, 0.2) is 70.4 Å². The Morgan fingerprint density at radius 3 is 2.60 bits per heavy atom. The van der Waals surface area contributed by atoms with Crippen molar-refractivity contribution in [1.29, 1.82) is 0 Å². The largest absolute Gasteiger partial charge is 0.457 e. The number of sulfone groups is 1. The van der Waals surface area contributed by atoms with Crippen molar-refractivity contribution in [3.05, 3.63) is 91.6 Å². The van der Waals surface area contributed by atoms with Crippen molar-refractivity contribution < 1.29 is 17.9 Å². The highest BCUT2D eigenvalue weighted by atomic mass is 35.5. The second kappa shape index (κ2) is 8.10. The minimum atomic E-state index is -3.56. The normalized spacial score (nSPS) is 20.0. The molecule has 1 unspecified atom stereocenters. The first-order chi connectivity index (χ1) is 14.3. The third-order valence-corrected chi connectivity index (χ3v) is 8.00. The molecule has 2 aromatic carbocycles. The predicted octanol–water partition coefficient (Wildman–Crippen LogP) is 4.73. The molecule has 0 amide bonds. The molecule has 2 aromatic rings. The Hall–Kier alpha value is -2.28. The van der Waals surface area contributed by atoms with E-state index in [-0.39, 0.29) is 27.9 Å². The molecule has 0 fully saturated rings. The highest BCUT2D eigenvalue weighted by Gasteiger charge is 2.44. The molecule has 0 radical (unpaired) electrons. The maximum absolute atomic E-state index is 13.1. The van der Waals surface area contributed by atoms with Crippen LogP contribution in [0.4, 0.5) is 0 Å². The smallest absolute Gasteiger partial charge is 0.337 e. The monoisotopic (exact) mass is 463 g/mol. The van der Waals surface area contributed by atoms with Gasteiger partial charge in [0.2, 0.25) is 0 Å². The number of hydrogen-bond acceptors (Lipinski definition) is 5. The number of nitrogens with one attached hydrogen (secondary N) is 1. The van der Waals surface area contributed by atoms with Crippen LogP contribution in [0.1, 0.15) is 30.4 Å². The van der Waals surface area contributed by atoms with Gasteiger partial charge in [-0.25, -0.2) is 13.2 Å². The van der Waals surface area contributed by atoms with Crippen LogP contribution in [0.25, 0.3) is 0 Å². The van der Waals surface area contributed by atoms with E-state index in [9.17, 15) is 13.2 Å². The zero-order valence-corrected chi connectivity index (χ0v) is 18.4.